The second-order valence-electron chi connectivity index (χ2n) is 3.76. The number of hydrogen-bond acceptors (Lipinski definition) is 3. The minimum Gasteiger partial charge on any atom is -0.397 e. The van der Waals surface area contributed by atoms with Crippen LogP contribution in [0.4, 0.5) is 11.4 Å². The maximum atomic E-state index is 11.7. The highest BCUT2D eigenvalue weighted by Gasteiger charge is 2.10. The molecule has 0 aliphatic heterocycles. The summed E-state index contributed by atoms with van der Waals surface area (Å²) in [5.41, 5.74) is 6.57. The predicted octanol–water partition coefficient (Wildman–Crippen LogP) is 4.05. The van der Waals surface area contributed by atoms with Crippen molar-refractivity contribution in [1.82, 2.24) is 0 Å². The van der Waals surface area contributed by atoms with Gasteiger partial charge in [-0.2, -0.15) is 11.8 Å². The van der Waals surface area contributed by atoms with Crippen LogP contribution in [0.2, 0.25) is 10.0 Å². The van der Waals surface area contributed by atoms with Gasteiger partial charge in [-0.15, -0.1) is 0 Å². The average molecular weight is 307 g/mol. The van der Waals surface area contributed by atoms with Gasteiger partial charge in [0.25, 0.3) is 0 Å². The summed E-state index contributed by atoms with van der Waals surface area (Å²) in [4.78, 5) is 11.7. The zero-order valence-electron chi connectivity index (χ0n) is 10.1. The van der Waals surface area contributed by atoms with Crippen LogP contribution < -0.4 is 11.1 Å². The van der Waals surface area contributed by atoms with E-state index >= 15 is 0 Å². The summed E-state index contributed by atoms with van der Waals surface area (Å²) in [5.74, 6) is 1.77. The first kappa shape index (κ1) is 15.5. The second-order valence-corrected chi connectivity index (χ2v) is 5.83. The number of benzene rings is 1. The largest absolute Gasteiger partial charge is 0.397 e. The molecular weight excluding hydrogens is 291 g/mol. The van der Waals surface area contributed by atoms with Crippen molar-refractivity contribution in [3.8, 4) is 0 Å². The van der Waals surface area contributed by atoms with E-state index in [4.69, 9.17) is 28.9 Å². The molecule has 18 heavy (non-hydrogen) atoms. The van der Waals surface area contributed by atoms with E-state index in [1.54, 1.807) is 23.9 Å². The first-order valence-corrected chi connectivity index (χ1v) is 7.57. The third kappa shape index (κ3) is 4.96. The summed E-state index contributed by atoms with van der Waals surface area (Å²) in [6.07, 6.45) is 1.56. The van der Waals surface area contributed by atoms with E-state index < -0.39 is 0 Å². The quantitative estimate of drug-likeness (QED) is 0.616. The Kier molecular flexibility index (Phi) is 6.68. The highest BCUT2D eigenvalue weighted by Crippen LogP contribution is 2.32. The van der Waals surface area contributed by atoms with Gasteiger partial charge in [0.2, 0.25) is 5.91 Å². The lowest BCUT2D eigenvalue weighted by Crippen LogP contribution is -2.14. The number of thioether (sulfide) groups is 1. The molecule has 3 nitrogen and oxygen atoms in total. The molecule has 0 aliphatic rings. The molecule has 0 unspecified atom stereocenters. The Morgan fingerprint density at radius 3 is 2.72 bits per heavy atom. The van der Waals surface area contributed by atoms with Gasteiger partial charge in [0.1, 0.15) is 0 Å². The predicted molar refractivity (Wildman–Crippen MR) is 81.7 cm³/mol. The van der Waals surface area contributed by atoms with Crippen molar-refractivity contribution in [2.24, 2.45) is 0 Å². The highest BCUT2D eigenvalue weighted by atomic mass is 35.5. The number of nitrogens with two attached hydrogens (primary N) is 1. The summed E-state index contributed by atoms with van der Waals surface area (Å²) in [6, 6.07) is 3.12. The first-order valence-electron chi connectivity index (χ1n) is 5.66. The van der Waals surface area contributed by atoms with Gasteiger partial charge in [-0.1, -0.05) is 30.1 Å². The van der Waals surface area contributed by atoms with E-state index in [-0.39, 0.29) is 5.91 Å². The number of carbonyl (C=O) groups excluding carboxylic acids is 1. The van der Waals surface area contributed by atoms with Crippen molar-refractivity contribution in [2.75, 3.05) is 22.6 Å². The molecule has 0 atom stereocenters. The fraction of sp³-hybridized carbons (Fsp3) is 0.417. The highest BCUT2D eigenvalue weighted by molar-refractivity contribution is 7.99. The number of carbonyl (C=O) groups is 1. The van der Waals surface area contributed by atoms with Crippen molar-refractivity contribution in [2.45, 2.75) is 19.8 Å². The summed E-state index contributed by atoms with van der Waals surface area (Å²) in [5, 5.41) is 3.52. The fourth-order valence-corrected chi connectivity index (χ4v) is 2.72. The van der Waals surface area contributed by atoms with Crippen LogP contribution in [0.25, 0.3) is 0 Å². The second kappa shape index (κ2) is 7.77. The third-order valence-corrected chi connectivity index (χ3v) is 3.88. The number of nitrogens with one attached hydrogen (secondary N) is 1. The van der Waals surface area contributed by atoms with Gasteiger partial charge >= 0.3 is 0 Å². The van der Waals surface area contributed by atoms with Crippen molar-refractivity contribution in [1.29, 1.82) is 0 Å². The third-order valence-electron chi connectivity index (χ3n) is 2.17. The topological polar surface area (TPSA) is 55.1 Å². The van der Waals surface area contributed by atoms with E-state index in [0.717, 1.165) is 17.9 Å². The molecule has 3 N–H and O–H groups in total. The number of halogens is 2. The Balaban J connectivity index is 2.54. The zero-order chi connectivity index (χ0) is 13.5. The molecule has 100 valence electrons. The van der Waals surface area contributed by atoms with Gasteiger partial charge < -0.3 is 11.1 Å². The minimum absolute atomic E-state index is 0.0884. The Labute approximate surface area is 121 Å². The van der Waals surface area contributed by atoms with E-state index in [1.165, 1.54) is 0 Å². The lowest BCUT2D eigenvalue weighted by molar-refractivity contribution is -0.115. The van der Waals surface area contributed by atoms with Gasteiger partial charge in [-0.05, 0) is 24.3 Å². The number of rotatable bonds is 6. The first-order chi connectivity index (χ1) is 8.54. The molecular formula is C12H16Cl2N2OS. The molecule has 6 heteroatoms. The molecule has 0 heterocycles. The summed E-state index contributed by atoms with van der Waals surface area (Å²) < 4.78 is 0. The maximum Gasteiger partial charge on any atom is 0.225 e. The lowest BCUT2D eigenvalue weighted by atomic mass is 10.2. The normalized spacial score (nSPS) is 10.4. The molecule has 0 fully saturated rings. The van der Waals surface area contributed by atoms with Crippen molar-refractivity contribution < 1.29 is 4.79 Å². The molecule has 0 aliphatic carbocycles. The van der Waals surface area contributed by atoms with Crippen LogP contribution in [0.5, 0.6) is 0 Å². The molecule has 0 spiro atoms. The molecule has 0 saturated carbocycles. The number of hydrogen-bond donors (Lipinski definition) is 2. The molecule has 1 rings (SSSR count). The molecule has 1 amide bonds. The smallest absolute Gasteiger partial charge is 0.225 e. The molecule has 0 saturated heterocycles. The van der Waals surface area contributed by atoms with Crippen LogP contribution >= 0.6 is 35.0 Å². The molecule has 1 aromatic carbocycles. The van der Waals surface area contributed by atoms with Crippen LogP contribution in [-0.2, 0) is 4.79 Å². The molecule has 0 bridgehead atoms. The zero-order valence-corrected chi connectivity index (χ0v) is 12.5. The van der Waals surface area contributed by atoms with Crippen molar-refractivity contribution >= 4 is 52.2 Å². The SMILES string of the molecule is CCCSCCC(=O)Nc1c(N)cc(Cl)cc1Cl. The summed E-state index contributed by atoms with van der Waals surface area (Å²) in [7, 11) is 0. The number of amides is 1. The average Bonchev–Trinajstić information content (AvgIpc) is 2.29. The van der Waals surface area contributed by atoms with Gasteiger partial charge in [-0.25, -0.2) is 0 Å². The van der Waals surface area contributed by atoms with Gasteiger partial charge in [-0.3, -0.25) is 4.79 Å². The number of anilines is 2. The van der Waals surface area contributed by atoms with E-state index in [2.05, 4.69) is 12.2 Å². The van der Waals surface area contributed by atoms with Gasteiger partial charge in [0.05, 0.1) is 16.4 Å². The monoisotopic (exact) mass is 306 g/mol. The van der Waals surface area contributed by atoms with Crippen LogP contribution in [0, 0.1) is 0 Å². The Morgan fingerprint density at radius 1 is 1.39 bits per heavy atom. The number of nitrogen functional groups attached to an aromatic ring is 1. The van der Waals surface area contributed by atoms with Crippen molar-refractivity contribution in [3.05, 3.63) is 22.2 Å². The molecule has 0 aromatic heterocycles. The minimum atomic E-state index is -0.0884. The Hall–Kier alpha value is -0.580. The summed E-state index contributed by atoms with van der Waals surface area (Å²) in [6.45, 7) is 2.11. The van der Waals surface area contributed by atoms with Gasteiger partial charge in [0.15, 0.2) is 0 Å². The van der Waals surface area contributed by atoms with Crippen LogP contribution in [0.3, 0.4) is 0 Å². The van der Waals surface area contributed by atoms with E-state index in [0.29, 0.717) is 27.8 Å². The Morgan fingerprint density at radius 2 is 2.11 bits per heavy atom. The lowest BCUT2D eigenvalue weighted by Gasteiger charge is -2.10. The van der Waals surface area contributed by atoms with Crippen molar-refractivity contribution in [3.63, 3.8) is 0 Å². The molecule has 1 aromatic rings. The maximum absolute atomic E-state index is 11.7. The standard InChI is InChI=1S/C12H16Cl2N2OS/c1-2-4-18-5-3-11(17)16-12-9(14)6-8(13)7-10(12)15/h6-7H,2-5,15H2,1H3,(H,16,17). The van der Waals surface area contributed by atoms with Crippen LogP contribution in [-0.4, -0.2) is 17.4 Å². The van der Waals surface area contributed by atoms with Crippen LogP contribution in [0.1, 0.15) is 19.8 Å². The van der Waals surface area contributed by atoms with E-state index in [1.807, 2.05) is 0 Å². The van der Waals surface area contributed by atoms with E-state index in [9.17, 15) is 4.79 Å². The molecule has 0 radical (unpaired) electrons. The van der Waals surface area contributed by atoms with Crippen LogP contribution in [0.15, 0.2) is 12.1 Å². The Bertz CT molecular complexity index is 404. The summed E-state index contributed by atoms with van der Waals surface area (Å²) >= 11 is 13.5. The van der Waals surface area contributed by atoms with Gasteiger partial charge in [0, 0.05) is 17.2 Å². The fourth-order valence-electron chi connectivity index (χ4n) is 1.34.